The number of nitrogen functional groups attached to an aromatic ring is 1. The Morgan fingerprint density at radius 1 is 1.54 bits per heavy atom. The number of hydrogen-bond donors (Lipinski definition) is 1. The van der Waals surface area contributed by atoms with Crippen molar-refractivity contribution >= 4 is 11.8 Å². The summed E-state index contributed by atoms with van der Waals surface area (Å²) in [7, 11) is 1.32. The van der Waals surface area contributed by atoms with E-state index in [4.69, 9.17) is 5.73 Å². The monoisotopic (exact) mass is 180 g/mol. The zero-order chi connectivity index (χ0) is 10.0. The third-order valence-electron chi connectivity index (χ3n) is 2.01. The van der Waals surface area contributed by atoms with Gasteiger partial charge in [0.05, 0.1) is 7.11 Å². The Morgan fingerprint density at radius 3 is 2.69 bits per heavy atom. The van der Waals surface area contributed by atoms with Crippen LogP contribution < -0.4 is 5.73 Å². The van der Waals surface area contributed by atoms with Crippen molar-refractivity contribution in [2.24, 2.45) is 0 Å². The normalized spacial score (nSPS) is 9.77. The molecular weight excluding hydrogens is 168 g/mol. The second kappa shape index (κ2) is 3.43. The molecule has 0 radical (unpaired) electrons. The van der Waals surface area contributed by atoms with Crippen molar-refractivity contribution in [3.05, 3.63) is 22.9 Å². The average molecular weight is 180 g/mol. The molecule has 1 rings (SSSR count). The Kier molecular flexibility index (Phi) is 2.51. The third kappa shape index (κ3) is 1.61. The Balaban J connectivity index is 3.33. The van der Waals surface area contributed by atoms with Crippen LogP contribution in [0, 0.1) is 13.8 Å². The van der Waals surface area contributed by atoms with Gasteiger partial charge in [-0.25, -0.2) is 9.78 Å². The number of esters is 1. The Labute approximate surface area is 76.7 Å². The van der Waals surface area contributed by atoms with Crippen LogP contribution >= 0.6 is 0 Å². The quantitative estimate of drug-likeness (QED) is 0.656. The summed E-state index contributed by atoms with van der Waals surface area (Å²) in [5, 5.41) is 0. The van der Waals surface area contributed by atoms with Gasteiger partial charge in [0.2, 0.25) is 0 Å². The topological polar surface area (TPSA) is 65.2 Å². The largest absolute Gasteiger partial charge is 0.465 e. The average Bonchev–Trinajstić information content (AvgIpc) is 2.12. The summed E-state index contributed by atoms with van der Waals surface area (Å²) < 4.78 is 4.59. The first-order valence-corrected chi connectivity index (χ1v) is 3.88. The molecule has 0 aliphatic heterocycles. The highest BCUT2D eigenvalue weighted by atomic mass is 16.5. The lowest BCUT2D eigenvalue weighted by molar-refractivity contribution is 0.0600. The molecule has 0 saturated heterocycles. The smallest absolute Gasteiger partial charge is 0.341 e. The summed E-state index contributed by atoms with van der Waals surface area (Å²) in [5.74, 6) is -0.221. The molecule has 1 heterocycles. The minimum absolute atomic E-state index is 0.218. The van der Waals surface area contributed by atoms with Gasteiger partial charge in [-0.05, 0) is 25.0 Å². The highest BCUT2D eigenvalue weighted by Crippen LogP contribution is 2.17. The molecular formula is C9H12N2O2. The Bertz CT molecular complexity index is 348. The summed E-state index contributed by atoms with van der Waals surface area (Å²) >= 11 is 0. The van der Waals surface area contributed by atoms with Crippen LogP contribution in [0.4, 0.5) is 5.82 Å². The molecule has 4 nitrogen and oxygen atoms in total. The van der Waals surface area contributed by atoms with E-state index in [1.54, 1.807) is 6.20 Å². The van der Waals surface area contributed by atoms with Crippen LogP contribution in [-0.2, 0) is 4.74 Å². The molecule has 0 atom stereocenters. The zero-order valence-corrected chi connectivity index (χ0v) is 7.92. The molecule has 0 aromatic carbocycles. The first-order chi connectivity index (χ1) is 6.07. The summed E-state index contributed by atoms with van der Waals surface area (Å²) in [6.07, 6.45) is 1.64. The van der Waals surface area contributed by atoms with Crippen molar-refractivity contribution in [2.75, 3.05) is 12.8 Å². The number of aryl methyl sites for hydroxylation is 1. The van der Waals surface area contributed by atoms with E-state index in [0.717, 1.165) is 11.1 Å². The third-order valence-corrected chi connectivity index (χ3v) is 2.01. The molecule has 0 aliphatic rings. The number of nitrogens with zero attached hydrogens (tertiary/aromatic N) is 1. The molecule has 0 bridgehead atoms. The number of hydrogen-bond acceptors (Lipinski definition) is 4. The first-order valence-electron chi connectivity index (χ1n) is 3.88. The van der Waals surface area contributed by atoms with E-state index in [-0.39, 0.29) is 5.82 Å². The van der Waals surface area contributed by atoms with Crippen LogP contribution in [-0.4, -0.2) is 18.1 Å². The molecule has 70 valence electrons. The van der Waals surface area contributed by atoms with Gasteiger partial charge < -0.3 is 10.5 Å². The minimum Gasteiger partial charge on any atom is -0.465 e. The van der Waals surface area contributed by atoms with Crippen molar-refractivity contribution in [1.82, 2.24) is 4.98 Å². The van der Waals surface area contributed by atoms with Gasteiger partial charge in [0.25, 0.3) is 0 Å². The maximum Gasteiger partial charge on any atom is 0.341 e. The van der Waals surface area contributed by atoms with Crippen LogP contribution in [0.25, 0.3) is 0 Å². The number of ether oxygens (including phenoxy) is 1. The number of carbonyl (C=O) groups is 1. The van der Waals surface area contributed by atoms with Gasteiger partial charge in [0, 0.05) is 6.20 Å². The predicted molar refractivity (Wildman–Crippen MR) is 49.5 cm³/mol. The SMILES string of the molecule is COC(=O)c1c(N)ncc(C)c1C. The van der Waals surface area contributed by atoms with E-state index in [1.165, 1.54) is 7.11 Å². The van der Waals surface area contributed by atoms with Crippen LogP contribution in [0.1, 0.15) is 21.5 Å². The van der Waals surface area contributed by atoms with Crippen molar-refractivity contribution in [3.8, 4) is 0 Å². The van der Waals surface area contributed by atoms with Gasteiger partial charge >= 0.3 is 5.97 Å². The number of pyridine rings is 1. The molecule has 2 N–H and O–H groups in total. The van der Waals surface area contributed by atoms with E-state index in [9.17, 15) is 4.79 Å². The lowest BCUT2D eigenvalue weighted by atomic mass is 10.1. The van der Waals surface area contributed by atoms with Crippen molar-refractivity contribution in [1.29, 1.82) is 0 Å². The van der Waals surface area contributed by atoms with Crippen LogP contribution in [0.2, 0.25) is 0 Å². The second-order valence-corrected chi connectivity index (χ2v) is 2.82. The van der Waals surface area contributed by atoms with Crippen molar-refractivity contribution < 1.29 is 9.53 Å². The highest BCUT2D eigenvalue weighted by Gasteiger charge is 2.15. The molecule has 0 amide bonds. The molecule has 0 aliphatic carbocycles. The Hall–Kier alpha value is -1.58. The van der Waals surface area contributed by atoms with E-state index >= 15 is 0 Å². The lowest BCUT2D eigenvalue weighted by Gasteiger charge is -2.08. The van der Waals surface area contributed by atoms with Gasteiger partial charge in [-0.3, -0.25) is 0 Å². The number of rotatable bonds is 1. The Morgan fingerprint density at radius 2 is 2.15 bits per heavy atom. The maximum absolute atomic E-state index is 11.3. The molecule has 0 spiro atoms. The van der Waals surface area contributed by atoms with E-state index in [0.29, 0.717) is 5.56 Å². The summed E-state index contributed by atoms with van der Waals surface area (Å²) in [6.45, 7) is 3.69. The minimum atomic E-state index is -0.439. The summed E-state index contributed by atoms with van der Waals surface area (Å²) in [6, 6.07) is 0. The van der Waals surface area contributed by atoms with Gasteiger partial charge in [0.1, 0.15) is 11.4 Å². The number of nitrogens with two attached hydrogens (primary N) is 1. The van der Waals surface area contributed by atoms with E-state index < -0.39 is 5.97 Å². The van der Waals surface area contributed by atoms with E-state index in [1.807, 2.05) is 13.8 Å². The predicted octanol–water partition coefficient (Wildman–Crippen LogP) is 1.07. The van der Waals surface area contributed by atoms with Gasteiger partial charge in [0.15, 0.2) is 0 Å². The van der Waals surface area contributed by atoms with Crippen LogP contribution in [0.15, 0.2) is 6.20 Å². The number of carbonyl (C=O) groups excluding carboxylic acids is 1. The number of aromatic nitrogens is 1. The van der Waals surface area contributed by atoms with Gasteiger partial charge in [-0.2, -0.15) is 0 Å². The number of methoxy groups -OCH3 is 1. The standard InChI is InChI=1S/C9H12N2O2/c1-5-4-11-8(10)7(6(5)2)9(12)13-3/h4H,1-3H3,(H2,10,11). The first kappa shape index (κ1) is 9.51. The molecule has 0 fully saturated rings. The molecule has 4 heteroatoms. The fourth-order valence-electron chi connectivity index (χ4n) is 1.08. The maximum atomic E-state index is 11.3. The van der Waals surface area contributed by atoms with Crippen molar-refractivity contribution in [3.63, 3.8) is 0 Å². The molecule has 0 saturated carbocycles. The highest BCUT2D eigenvalue weighted by molar-refractivity contribution is 5.95. The molecule has 1 aromatic heterocycles. The lowest BCUT2D eigenvalue weighted by Crippen LogP contribution is -2.10. The molecule has 1 aromatic rings. The van der Waals surface area contributed by atoms with E-state index in [2.05, 4.69) is 9.72 Å². The fourth-order valence-corrected chi connectivity index (χ4v) is 1.08. The molecule has 13 heavy (non-hydrogen) atoms. The van der Waals surface area contributed by atoms with Crippen LogP contribution in [0.5, 0.6) is 0 Å². The number of anilines is 1. The molecule has 0 unspecified atom stereocenters. The summed E-state index contributed by atoms with van der Waals surface area (Å²) in [5.41, 5.74) is 7.66. The fraction of sp³-hybridized carbons (Fsp3) is 0.333. The van der Waals surface area contributed by atoms with Gasteiger partial charge in [-0.1, -0.05) is 0 Å². The van der Waals surface area contributed by atoms with Crippen LogP contribution in [0.3, 0.4) is 0 Å². The zero-order valence-electron chi connectivity index (χ0n) is 7.92. The van der Waals surface area contributed by atoms with Gasteiger partial charge in [-0.15, -0.1) is 0 Å². The second-order valence-electron chi connectivity index (χ2n) is 2.82. The van der Waals surface area contributed by atoms with Crippen molar-refractivity contribution in [2.45, 2.75) is 13.8 Å². The summed E-state index contributed by atoms with van der Waals surface area (Å²) in [4.78, 5) is 15.2.